The highest BCUT2D eigenvalue weighted by molar-refractivity contribution is 8.00. The van der Waals surface area contributed by atoms with Gasteiger partial charge in [0.1, 0.15) is 35.5 Å². The van der Waals surface area contributed by atoms with E-state index in [1.165, 1.54) is 37.3 Å². The van der Waals surface area contributed by atoms with Crippen LogP contribution in [-0.2, 0) is 30.6 Å². The predicted octanol–water partition coefficient (Wildman–Crippen LogP) is 0.283. The highest BCUT2D eigenvalue weighted by atomic mass is 32.2. The van der Waals surface area contributed by atoms with Crippen molar-refractivity contribution in [2.45, 2.75) is 50.6 Å². The summed E-state index contributed by atoms with van der Waals surface area (Å²) < 4.78 is 1.94. The van der Waals surface area contributed by atoms with Crippen LogP contribution in [0.1, 0.15) is 49.3 Å². The Balaban J connectivity index is 1.25. The fraction of sp³-hybridized carbons (Fsp3) is 0.355. The number of carbonyl (C=O) groups is 5. The fourth-order valence-electron chi connectivity index (χ4n) is 5.31. The van der Waals surface area contributed by atoms with Crippen molar-refractivity contribution in [3.8, 4) is 5.75 Å². The molecule has 0 aliphatic carbocycles. The predicted molar refractivity (Wildman–Crippen MR) is 187 cm³/mol. The Bertz CT molecular complexity index is 2130. The Labute approximate surface area is 307 Å². The summed E-state index contributed by atoms with van der Waals surface area (Å²) in [6.07, 6.45) is 3.51. The van der Waals surface area contributed by atoms with Crippen LogP contribution in [0, 0.1) is 5.92 Å². The van der Waals surface area contributed by atoms with E-state index in [1.54, 1.807) is 10.8 Å². The van der Waals surface area contributed by atoms with Gasteiger partial charge in [-0.05, 0) is 25.3 Å². The van der Waals surface area contributed by atoms with Gasteiger partial charge < -0.3 is 42.1 Å². The molecule has 9 N–H and O–H groups in total. The van der Waals surface area contributed by atoms with Crippen molar-refractivity contribution in [2.75, 3.05) is 29.1 Å². The Morgan fingerprint density at radius 1 is 1.21 bits per heavy atom. The van der Waals surface area contributed by atoms with Crippen molar-refractivity contribution in [3.63, 3.8) is 0 Å². The normalized spacial score (nSPS) is 17.2. The fourth-order valence-corrected chi connectivity index (χ4v) is 7.26. The second-order valence-electron chi connectivity index (χ2n) is 12.4. The third-order valence-electron chi connectivity index (χ3n) is 8.16. The number of hydrogen-bond donors (Lipinski definition) is 7. The van der Waals surface area contributed by atoms with Crippen molar-refractivity contribution in [2.24, 2.45) is 11.1 Å². The number of aromatic hydroxyl groups is 1. The number of fused-ring (bicyclic) bond motifs is 1. The zero-order valence-electron chi connectivity index (χ0n) is 28.1. The molecule has 2 aliphatic rings. The van der Waals surface area contributed by atoms with Crippen molar-refractivity contribution < 1.29 is 53.9 Å². The lowest BCUT2D eigenvalue weighted by Crippen LogP contribution is -2.62. The average Bonchev–Trinajstić information content (AvgIpc) is 3.53. The van der Waals surface area contributed by atoms with Crippen LogP contribution in [0.25, 0.3) is 0 Å². The summed E-state index contributed by atoms with van der Waals surface area (Å²) in [7, 11) is 0. The van der Waals surface area contributed by atoms with Crippen LogP contribution < -0.4 is 26.8 Å². The van der Waals surface area contributed by atoms with Gasteiger partial charge in [-0.1, -0.05) is 5.16 Å². The smallest absolute Gasteiger partial charge is 0.352 e. The van der Waals surface area contributed by atoms with E-state index in [0.29, 0.717) is 16.0 Å². The van der Waals surface area contributed by atoms with E-state index < -0.39 is 57.5 Å². The number of carboxylic acid groups (broad SMARTS) is 2. The lowest BCUT2D eigenvalue weighted by molar-refractivity contribution is -0.691. The number of carboxylic acids is 2. The number of nitrogens with two attached hydrogens (primary N) is 2. The standard InChI is InChI=1S/C31H33N9O11S2/c1-31(2,29(48)49)51-37-23(17-12-53-30(33)36-17)21(43)6-15-26(45)40-24(28(46)47)14(11-52-27(15)40)8-38-9-16(25(32)35-13-38)34-5-3-4-19(41)18-7-20(42)22(44)10-39(18)50/h7,9-10,12-13,15,27,32,34,50H,3-6,8,11H2,1-2H3,(H5,33,36,44,46,47,48,49)/p+1/b37-23-/t15-,27?/m1/s1. The molecule has 0 saturated carbocycles. The first-order valence-corrected chi connectivity index (χ1v) is 17.6. The van der Waals surface area contributed by atoms with Gasteiger partial charge in [0.2, 0.25) is 16.9 Å². The minimum absolute atomic E-state index is 0.0167. The molecule has 1 amide bonds. The summed E-state index contributed by atoms with van der Waals surface area (Å²) in [5.41, 5.74) is 9.10. The summed E-state index contributed by atoms with van der Waals surface area (Å²) in [4.78, 5) is 89.5. The second-order valence-corrected chi connectivity index (χ2v) is 14.4. The van der Waals surface area contributed by atoms with Crippen LogP contribution in [0.3, 0.4) is 0 Å². The summed E-state index contributed by atoms with van der Waals surface area (Å²) >= 11 is 2.28. The number of carbonyl (C=O) groups excluding carboxylic acids is 3. The number of amides is 1. The molecule has 53 heavy (non-hydrogen) atoms. The maximum Gasteiger partial charge on any atom is 0.352 e. The van der Waals surface area contributed by atoms with Crippen molar-refractivity contribution >= 4 is 74.9 Å². The van der Waals surface area contributed by atoms with Crippen LogP contribution in [-0.4, -0.2) is 98.5 Å². The van der Waals surface area contributed by atoms with E-state index in [9.17, 15) is 49.3 Å². The molecule has 0 spiro atoms. The highest BCUT2D eigenvalue weighted by Gasteiger charge is 2.54. The van der Waals surface area contributed by atoms with E-state index in [0.717, 1.165) is 28.5 Å². The number of aromatic nitrogens is 4. The molecule has 0 radical (unpaired) electrons. The van der Waals surface area contributed by atoms with E-state index >= 15 is 0 Å². The van der Waals surface area contributed by atoms with Gasteiger partial charge in [-0.3, -0.25) is 24.1 Å². The number of thioether (sulfide) groups is 1. The third kappa shape index (κ3) is 8.22. The van der Waals surface area contributed by atoms with Gasteiger partial charge in [0.25, 0.3) is 12.1 Å². The molecule has 2 aliphatic heterocycles. The highest BCUT2D eigenvalue weighted by Crippen LogP contribution is 2.45. The zero-order valence-corrected chi connectivity index (χ0v) is 29.7. The Morgan fingerprint density at radius 3 is 2.60 bits per heavy atom. The molecule has 1 fully saturated rings. The average molecular weight is 773 g/mol. The minimum Gasteiger partial charge on any atom is -0.503 e. The van der Waals surface area contributed by atoms with E-state index in [-0.39, 0.29) is 71.9 Å². The lowest BCUT2D eigenvalue weighted by Gasteiger charge is -2.49. The third-order valence-corrected chi connectivity index (χ3v) is 10.2. The van der Waals surface area contributed by atoms with Gasteiger partial charge in [0.05, 0.1) is 17.5 Å². The number of oxime groups is 1. The summed E-state index contributed by atoms with van der Waals surface area (Å²) in [5, 5.41) is 46.5. The van der Waals surface area contributed by atoms with Crippen molar-refractivity contribution in [1.29, 1.82) is 0 Å². The van der Waals surface area contributed by atoms with E-state index in [4.69, 9.17) is 16.3 Å². The molecule has 20 nitrogen and oxygen atoms in total. The maximum atomic E-state index is 13.5. The molecule has 2 atom stereocenters. The van der Waals surface area contributed by atoms with Crippen LogP contribution in [0.2, 0.25) is 0 Å². The van der Waals surface area contributed by atoms with Crippen molar-refractivity contribution in [3.05, 3.63) is 63.0 Å². The molecule has 5 heterocycles. The maximum absolute atomic E-state index is 13.5. The van der Waals surface area contributed by atoms with Gasteiger partial charge in [0.15, 0.2) is 28.2 Å². The Kier molecular flexibility index (Phi) is 11.0. The largest absolute Gasteiger partial charge is 0.503 e. The number of anilines is 3. The number of nitrogen functional groups attached to an aromatic ring is 2. The van der Waals surface area contributed by atoms with E-state index in [1.807, 2.05) is 0 Å². The number of pyridine rings is 1. The first kappa shape index (κ1) is 38.2. The number of thiazole rings is 1. The molecule has 0 bridgehead atoms. The Hall–Kier alpha value is -6.03. The topological polar surface area (TPSA) is 307 Å². The molecule has 3 aromatic rings. The molecule has 280 valence electrons. The number of rotatable bonds is 16. The molecule has 22 heteroatoms. The van der Waals surface area contributed by atoms with Crippen LogP contribution in [0.15, 0.2) is 51.4 Å². The monoisotopic (exact) mass is 772 g/mol. The SMILES string of the molecule is CC(C)(O/N=C(\C(=O)C[C@@H]1C(=O)N2C(C(=O)O)=C(C[n+]3cnc(N)c(NCCCC(=O)c4cc(=O)c(O)cn4O)c3)CSC12)c1csc(N)n1)C(=O)O. The van der Waals surface area contributed by atoms with Crippen molar-refractivity contribution in [1.82, 2.24) is 19.6 Å². The van der Waals surface area contributed by atoms with Gasteiger partial charge in [0, 0.05) is 42.2 Å². The number of hydrogen-bond acceptors (Lipinski definition) is 17. The van der Waals surface area contributed by atoms with Gasteiger partial charge in [-0.2, -0.15) is 4.73 Å². The number of ketones is 2. The van der Waals surface area contributed by atoms with Gasteiger partial charge >= 0.3 is 11.9 Å². The van der Waals surface area contributed by atoms with Crippen LogP contribution in [0.4, 0.5) is 16.6 Å². The van der Waals surface area contributed by atoms with Crippen LogP contribution in [0.5, 0.6) is 5.75 Å². The first-order valence-electron chi connectivity index (χ1n) is 15.7. The zero-order chi connectivity index (χ0) is 38.8. The number of aliphatic carboxylic acids is 2. The molecule has 3 aromatic heterocycles. The summed E-state index contributed by atoms with van der Waals surface area (Å²) in [6, 6.07) is 0.835. The van der Waals surface area contributed by atoms with Crippen LogP contribution >= 0.6 is 23.1 Å². The first-order chi connectivity index (χ1) is 25.0. The number of nitrogens with one attached hydrogen (secondary N) is 1. The molecular formula is C31H34N9O11S2+. The minimum atomic E-state index is -1.78. The number of nitrogens with zero attached hydrogens (tertiary/aromatic N) is 6. The quantitative estimate of drug-likeness (QED) is 0.0196. The van der Waals surface area contributed by atoms with E-state index in [2.05, 4.69) is 20.4 Å². The molecule has 5 rings (SSSR count). The van der Waals surface area contributed by atoms with Gasteiger partial charge in [-0.25, -0.2) is 19.1 Å². The Morgan fingerprint density at radius 2 is 1.94 bits per heavy atom. The molecule has 0 aromatic carbocycles. The summed E-state index contributed by atoms with van der Waals surface area (Å²) in [6.45, 7) is 2.72. The second kappa shape index (κ2) is 15.3. The molecule has 1 unspecified atom stereocenters. The van der Waals surface area contributed by atoms with Gasteiger partial charge in [-0.15, -0.1) is 23.1 Å². The number of β-lactam (4-membered cyclic amide) rings is 1. The molecular weight excluding hydrogens is 739 g/mol. The molecule has 1 saturated heterocycles. The lowest BCUT2D eigenvalue weighted by atomic mass is 9.89. The summed E-state index contributed by atoms with van der Waals surface area (Å²) in [5.74, 6) is -5.81. The number of Topliss-reactive ketones (excluding diaryl/α,β-unsaturated/α-hetero) is 2.